The van der Waals surface area contributed by atoms with Gasteiger partial charge in [-0.2, -0.15) is 13.1 Å². The van der Waals surface area contributed by atoms with Gasteiger partial charge in [0.1, 0.15) is 12.0 Å². The normalized spacial score (nSPS) is 10.8. The molecule has 0 aliphatic rings. The van der Waals surface area contributed by atoms with Crippen molar-refractivity contribution in [3.05, 3.63) is 35.9 Å². The predicted octanol–water partition coefficient (Wildman–Crippen LogP) is -1.37. The molecule has 1 aromatic carbocycles. The summed E-state index contributed by atoms with van der Waals surface area (Å²) in [5, 5.41) is 8.15. The van der Waals surface area contributed by atoms with Crippen molar-refractivity contribution in [3.8, 4) is 0 Å². The zero-order valence-corrected chi connectivity index (χ0v) is 13.5. The number of hydrogen-bond acceptors (Lipinski definition) is 6. The van der Waals surface area contributed by atoms with Crippen LogP contribution < -0.4 is 34.8 Å². The summed E-state index contributed by atoms with van der Waals surface area (Å²) in [5.74, 6) is -1.78. The molecular weight excluding hydrogens is 305 g/mol. The van der Waals surface area contributed by atoms with Crippen molar-refractivity contribution < 1.29 is 62.5 Å². The largest absolute Gasteiger partial charge is 1.00 e. The summed E-state index contributed by atoms with van der Waals surface area (Å²) in [4.78, 5) is 11.0. The van der Waals surface area contributed by atoms with E-state index in [1.54, 1.807) is 0 Å². The van der Waals surface area contributed by atoms with Crippen LogP contribution in [0.15, 0.2) is 30.3 Å². The molecule has 0 aliphatic carbocycles. The first-order valence-electron chi connectivity index (χ1n) is 5.29. The molecule has 0 amide bonds. The van der Waals surface area contributed by atoms with E-state index in [0.717, 1.165) is 5.56 Å². The van der Waals surface area contributed by atoms with E-state index in [4.69, 9.17) is 0 Å². The van der Waals surface area contributed by atoms with Gasteiger partial charge in [0.25, 0.3) is 0 Å². The van der Waals surface area contributed by atoms with E-state index in [2.05, 4.69) is 14.1 Å². The summed E-state index contributed by atoms with van der Waals surface area (Å²) in [6.07, 6.45) is 1.02. The van der Waals surface area contributed by atoms with Crippen molar-refractivity contribution in [2.75, 3.05) is 6.61 Å². The molecule has 0 fully saturated rings. The first kappa shape index (κ1) is 19.8. The number of rotatable bonds is 8. The maximum atomic E-state index is 12.9. The van der Waals surface area contributed by atoms with Gasteiger partial charge in [0.15, 0.2) is 0 Å². The van der Waals surface area contributed by atoms with Crippen LogP contribution in [0.5, 0.6) is 0 Å². The fourth-order valence-corrected chi connectivity index (χ4v) is 1.50. The average Bonchev–Trinajstić information content (AvgIpc) is 2.42. The predicted molar refractivity (Wildman–Crippen MR) is 60.4 cm³/mol. The molecule has 0 atom stereocenters. The summed E-state index contributed by atoms with van der Waals surface area (Å²) in [7, 11) is 0. The maximum Gasteiger partial charge on any atom is 1.00 e. The van der Waals surface area contributed by atoms with Crippen LogP contribution in [0.2, 0.25) is 0 Å². The second kappa shape index (κ2) is 10.5. The van der Waals surface area contributed by atoms with Gasteiger partial charge in [-0.25, -0.2) is 4.79 Å². The molecule has 0 saturated carbocycles. The van der Waals surface area contributed by atoms with Crippen LogP contribution in [-0.2, 0) is 25.3 Å². The van der Waals surface area contributed by atoms with Crippen LogP contribution in [0.25, 0.3) is 0 Å². The molecule has 0 radical (unpaired) electrons. The van der Waals surface area contributed by atoms with Crippen LogP contribution >= 0.6 is 12.0 Å². The first-order chi connectivity index (χ1) is 9.06. The van der Waals surface area contributed by atoms with Crippen molar-refractivity contribution >= 4 is 18.0 Å². The Hall–Kier alpha value is -0.220. The van der Waals surface area contributed by atoms with Crippen molar-refractivity contribution in [3.63, 3.8) is 0 Å². The van der Waals surface area contributed by atoms with Crippen LogP contribution in [0.1, 0.15) is 12.0 Å². The molecule has 9 heteroatoms. The molecule has 20 heavy (non-hydrogen) atoms. The number of carbonyl (C=O) groups excluding carboxylic acids is 1. The molecule has 0 N–H and O–H groups in total. The Bertz CT molecular complexity index is 394. The Labute approximate surface area is 140 Å². The van der Waals surface area contributed by atoms with E-state index in [9.17, 15) is 18.8 Å². The number of alkyl halides is 2. The number of halogens is 2. The molecule has 0 bridgehead atoms. The van der Waals surface area contributed by atoms with E-state index < -0.39 is 23.3 Å². The Morgan fingerprint density at radius 1 is 1.30 bits per heavy atom. The summed E-state index contributed by atoms with van der Waals surface area (Å²) >= 11 is -0.701. The average molecular weight is 316 g/mol. The number of carbonyl (C=O) groups is 1. The fourth-order valence-electron chi connectivity index (χ4n) is 1.26. The first-order valence-corrected chi connectivity index (χ1v) is 6.03. The number of benzene rings is 1. The van der Waals surface area contributed by atoms with Crippen LogP contribution in [0, 0.1) is 0 Å². The Morgan fingerprint density at radius 3 is 2.55 bits per heavy atom. The summed E-state index contributed by atoms with van der Waals surface area (Å²) in [6.45, 7) is -0.151. The van der Waals surface area contributed by atoms with E-state index in [1.165, 1.54) is 0 Å². The third kappa shape index (κ3) is 7.53. The number of hydrogen-bond donors (Lipinski definition) is 0. The van der Waals surface area contributed by atoms with Gasteiger partial charge in [-0.15, -0.1) is 0 Å². The summed E-state index contributed by atoms with van der Waals surface area (Å²) < 4.78 is 33.6. The number of esters is 1. The monoisotopic (exact) mass is 316 g/mol. The van der Waals surface area contributed by atoms with Gasteiger partial charge in [-0.1, -0.05) is 30.3 Å². The van der Waals surface area contributed by atoms with Crippen LogP contribution in [0.4, 0.5) is 8.78 Å². The molecule has 0 aliphatic heterocycles. The minimum Gasteiger partial charge on any atom is -0.691 e. The molecule has 106 valence electrons. The van der Waals surface area contributed by atoms with Gasteiger partial charge in [0, 0.05) is 0 Å². The van der Waals surface area contributed by atoms with E-state index in [0.29, 0.717) is 12.8 Å². The number of aryl methyl sites for hydroxylation is 1. The Kier molecular flexibility index (Phi) is 10.4. The quantitative estimate of drug-likeness (QED) is 0.147. The molecular formula is C11H11F2NaO5S. The molecule has 0 saturated heterocycles. The fraction of sp³-hybridized carbons (Fsp3) is 0.364. The Morgan fingerprint density at radius 2 is 1.95 bits per heavy atom. The zero-order valence-electron chi connectivity index (χ0n) is 10.7. The SMILES string of the molecule is O=C(OCCCc1ccccc1)C(F)(F)SOO[O-].[Na+]. The smallest absolute Gasteiger partial charge is 0.691 e. The third-order valence-electron chi connectivity index (χ3n) is 2.09. The van der Waals surface area contributed by atoms with Gasteiger partial charge >= 0.3 is 40.8 Å². The van der Waals surface area contributed by atoms with Gasteiger partial charge < -0.3 is 9.99 Å². The van der Waals surface area contributed by atoms with Gasteiger partial charge in [0.2, 0.25) is 0 Å². The second-order valence-electron chi connectivity index (χ2n) is 3.46. The maximum absolute atomic E-state index is 12.9. The summed E-state index contributed by atoms with van der Waals surface area (Å²) in [6, 6.07) is 9.33. The van der Waals surface area contributed by atoms with E-state index in [1.807, 2.05) is 30.3 Å². The minimum atomic E-state index is -3.98. The van der Waals surface area contributed by atoms with Gasteiger partial charge in [-0.05, 0) is 18.4 Å². The van der Waals surface area contributed by atoms with Crippen molar-refractivity contribution in [1.29, 1.82) is 0 Å². The third-order valence-corrected chi connectivity index (χ3v) is 2.59. The van der Waals surface area contributed by atoms with E-state index >= 15 is 0 Å². The second-order valence-corrected chi connectivity index (χ2v) is 4.28. The molecule has 0 spiro atoms. The standard InChI is InChI=1S/C11H12F2O5S.Na/c12-11(13,19-18-17-15)10(14)16-8-4-7-9-5-2-1-3-6-9;/h1-3,5-6,15H,4,7-8H2;/q;+1/p-1. The molecule has 1 rings (SSSR count). The zero-order chi connectivity index (χ0) is 14.1. The van der Waals surface area contributed by atoms with Gasteiger partial charge in [-0.3, -0.25) is 5.04 Å². The molecule has 1 aromatic rings. The van der Waals surface area contributed by atoms with Crippen LogP contribution in [0.3, 0.4) is 0 Å². The van der Waals surface area contributed by atoms with Gasteiger partial charge in [0.05, 0.1) is 6.61 Å². The number of ether oxygens (including phenoxy) is 1. The van der Waals surface area contributed by atoms with E-state index in [-0.39, 0.29) is 36.2 Å². The van der Waals surface area contributed by atoms with Crippen LogP contribution in [-0.4, -0.2) is 17.8 Å². The molecule has 5 nitrogen and oxygen atoms in total. The summed E-state index contributed by atoms with van der Waals surface area (Å²) in [5.41, 5.74) is 1.02. The molecule has 0 heterocycles. The topological polar surface area (TPSA) is 67.8 Å². The van der Waals surface area contributed by atoms with Crippen molar-refractivity contribution in [2.24, 2.45) is 0 Å². The minimum absolute atomic E-state index is 0. The van der Waals surface area contributed by atoms with Crippen molar-refractivity contribution in [2.45, 2.75) is 18.1 Å². The molecule has 0 unspecified atom stereocenters. The van der Waals surface area contributed by atoms with Crippen molar-refractivity contribution in [1.82, 2.24) is 0 Å². The Balaban J connectivity index is 0.00000361. The molecule has 0 aromatic heterocycles.